The molecule has 0 amide bonds. The van der Waals surface area contributed by atoms with Crippen molar-refractivity contribution in [1.29, 1.82) is 0 Å². The zero-order chi connectivity index (χ0) is 35.1. The molecule has 1 atom stereocenters. The third-order valence-corrected chi connectivity index (χ3v) is 15.6. The van der Waals surface area contributed by atoms with E-state index >= 15 is 0 Å². The van der Waals surface area contributed by atoms with E-state index in [4.69, 9.17) is 0 Å². The lowest BCUT2D eigenvalue weighted by Crippen LogP contribution is -2.48. The first-order chi connectivity index (χ1) is 26.7. The third kappa shape index (κ3) is 4.04. The summed E-state index contributed by atoms with van der Waals surface area (Å²) in [5.41, 5.74) is 12.0. The summed E-state index contributed by atoms with van der Waals surface area (Å²) in [4.78, 5) is 0. The van der Waals surface area contributed by atoms with Gasteiger partial charge < -0.3 is 0 Å². The fourth-order valence-corrected chi connectivity index (χ4v) is 14.2. The van der Waals surface area contributed by atoms with Crippen molar-refractivity contribution in [2.24, 2.45) is 23.2 Å². The smallest absolute Gasteiger partial charge is 0.0361 e. The molecular weight excluding hydrogens is 669 g/mol. The number of thiophene rings is 1. The van der Waals surface area contributed by atoms with Gasteiger partial charge in [-0.2, -0.15) is 0 Å². The lowest BCUT2D eigenvalue weighted by Gasteiger charge is -2.59. The molecule has 0 nitrogen and oxygen atoms in total. The average molecular weight is 709 g/mol. The first-order valence-corrected chi connectivity index (χ1v) is 21.0. The molecule has 1 heteroatoms. The number of rotatable bonds is 3. The third-order valence-electron chi connectivity index (χ3n) is 14.5. The predicted molar refractivity (Wildman–Crippen MR) is 231 cm³/mol. The highest BCUT2D eigenvalue weighted by Gasteiger charge is 2.57. The summed E-state index contributed by atoms with van der Waals surface area (Å²) in [6.45, 7) is 0. The zero-order valence-electron chi connectivity index (χ0n) is 30.3. The largest absolute Gasteiger partial charge is 0.135 e. The Morgan fingerprint density at radius 1 is 0.426 bits per heavy atom. The summed E-state index contributed by atoms with van der Waals surface area (Å²) >= 11 is 1.91. The van der Waals surface area contributed by atoms with E-state index in [9.17, 15) is 0 Å². The minimum absolute atomic E-state index is 0.332. The van der Waals surface area contributed by atoms with Crippen LogP contribution in [0.2, 0.25) is 0 Å². The van der Waals surface area contributed by atoms with E-state index in [2.05, 4.69) is 146 Å². The average Bonchev–Trinajstić information content (AvgIpc) is 3.74. The first-order valence-electron chi connectivity index (χ1n) is 20.2. The van der Waals surface area contributed by atoms with Gasteiger partial charge in [-0.05, 0) is 157 Å². The molecule has 9 aromatic rings. The molecule has 5 aliphatic carbocycles. The maximum absolute atomic E-state index is 2.56. The highest BCUT2D eigenvalue weighted by atomic mass is 32.1. The highest BCUT2D eigenvalue weighted by Crippen LogP contribution is 2.70. The zero-order valence-corrected chi connectivity index (χ0v) is 31.1. The molecule has 4 saturated carbocycles. The highest BCUT2D eigenvalue weighted by molar-refractivity contribution is 7.25. The van der Waals surface area contributed by atoms with Crippen LogP contribution < -0.4 is 0 Å². The van der Waals surface area contributed by atoms with Crippen LogP contribution in [-0.2, 0) is 0 Å². The Bertz CT molecular complexity index is 2960. The molecule has 0 aliphatic heterocycles. The quantitative estimate of drug-likeness (QED) is 0.160. The van der Waals surface area contributed by atoms with Gasteiger partial charge in [0.25, 0.3) is 0 Å². The minimum Gasteiger partial charge on any atom is -0.135 e. The second kappa shape index (κ2) is 10.9. The second-order valence-electron chi connectivity index (χ2n) is 17.4. The molecule has 0 N–H and O–H groups in total. The Labute approximate surface area is 320 Å². The number of fused-ring (bicyclic) bond motifs is 9. The van der Waals surface area contributed by atoms with Crippen LogP contribution in [0.5, 0.6) is 0 Å². The van der Waals surface area contributed by atoms with E-state index in [1.165, 1.54) is 124 Å². The van der Waals surface area contributed by atoms with E-state index in [0.717, 1.165) is 17.8 Å². The molecule has 4 fully saturated rings. The molecule has 0 radical (unpaired) electrons. The Morgan fingerprint density at radius 2 is 0.981 bits per heavy atom. The van der Waals surface area contributed by atoms with Crippen molar-refractivity contribution < 1.29 is 0 Å². The van der Waals surface area contributed by atoms with Gasteiger partial charge in [-0.25, -0.2) is 0 Å². The molecule has 0 saturated heterocycles. The summed E-state index contributed by atoms with van der Waals surface area (Å²) in [6, 6.07) is 56.2. The molecule has 0 spiro atoms. The molecule has 54 heavy (non-hydrogen) atoms. The molecular formula is C53H40S. The molecule has 14 rings (SSSR count). The SMILES string of the molecule is c1ccc2c(c1)-c1cc3ccccc3c(-c3c4ccccc4c(-c4ccc5c(c4)sc4ccccc45)c4ccccc34)c1C2C12CC3CC(CC(C3)C1)C2. The maximum atomic E-state index is 2.56. The van der Waals surface area contributed by atoms with Gasteiger partial charge in [-0.3, -0.25) is 0 Å². The van der Waals surface area contributed by atoms with Gasteiger partial charge in [0.1, 0.15) is 0 Å². The van der Waals surface area contributed by atoms with Crippen LogP contribution >= 0.6 is 11.3 Å². The monoisotopic (exact) mass is 708 g/mol. The Balaban J connectivity index is 1.15. The summed E-state index contributed by atoms with van der Waals surface area (Å²) in [7, 11) is 0. The first kappa shape index (κ1) is 30.1. The predicted octanol–water partition coefficient (Wildman–Crippen LogP) is 15.2. The minimum atomic E-state index is 0.332. The summed E-state index contributed by atoms with van der Waals surface area (Å²) in [5.74, 6) is 3.12. The molecule has 5 aliphatic rings. The fourth-order valence-electron chi connectivity index (χ4n) is 13.1. The molecule has 1 unspecified atom stereocenters. The van der Waals surface area contributed by atoms with Crippen molar-refractivity contribution in [2.45, 2.75) is 44.4 Å². The van der Waals surface area contributed by atoms with Gasteiger partial charge in [-0.15, -0.1) is 11.3 Å². The van der Waals surface area contributed by atoms with Crippen LogP contribution in [0.4, 0.5) is 0 Å². The molecule has 258 valence electrons. The lowest BCUT2D eigenvalue weighted by atomic mass is 9.45. The van der Waals surface area contributed by atoms with Crippen LogP contribution in [0, 0.1) is 23.2 Å². The maximum Gasteiger partial charge on any atom is 0.0361 e. The van der Waals surface area contributed by atoms with Crippen LogP contribution in [0.25, 0.3) is 85.9 Å². The Hall–Kier alpha value is -5.24. The van der Waals surface area contributed by atoms with Crippen molar-refractivity contribution >= 4 is 63.8 Å². The van der Waals surface area contributed by atoms with E-state index in [0.29, 0.717) is 11.3 Å². The van der Waals surface area contributed by atoms with Gasteiger partial charge in [0.05, 0.1) is 0 Å². The van der Waals surface area contributed by atoms with Gasteiger partial charge in [0.2, 0.25) is 0 Å². The number of benzene rings is 8. The molecule has 1 aromatic heterocycles. The van der Waals surface area contributed by atoms with Crippen LogP contribution in [0.15, 0.2) is 146 Å². The van der Waals surface area contributed by atoms with Crippen molar-refractivity contribution in [3.05, 3.63) is 157 Å². The van der Waals surface area contributed by atoms with Gasteiger partial charge in [0, 0.05) is 26.1 Å². The van der Waals surface area contributed by atoms with Crippen LogP contribution in [0.3, 0.4) is 0 Å². The van der Waals surface area contributed by atoms with Crippen molar-refractivity contribution in [3.8, 4) is 33.4 Å². The summed E-state index contributed by atoms with van der Waals surface area (Å²) < 4.78 is 2.71. The van der Waals surface area contributed by atoms with E-state index in [-0.39, 0.29) is 0 Å². The van der Waals surface area contributed by atoms with Crippen molar-refractivity contribution in [1.82, 2.24) is 0 Å². The fraction of sp³-hybridized carbons (Fsp3) is 0.208. The molecule has 1 heterocycles. The van der Waals surface area contributed by atoms with E-state index in [1.54, 1.807) is 11.1 Å². The van der Waals surface area contributed by atoms with Crippen LogP contribution in [-0.4, -0.2) is 0 Å². The van der Waals surface area contributed by atoms with Crippen molar-refractivity contribution in [3.63, 3.8) is 0 Å². The molecule has 4 bridgehead atoms. The second-order valence-corrected chi connectivity index (χ2v) is 18.5. The number of hydrogen-bond acceptors (Lipinski definition) is 1. The van der Waals surface area contributed by atoms with Gasteiger partial charge >= 0.3 is 0 Å². The van der Waals surface area contributed by atoms with Gasteiger partial charge in [-0.1, -0.05) is 127 Å². The van der Waals surface area contributed by atoms with Gasteiger partial charge in [0.15, 0.2) is 0 Å². The summed E-state index contributed by atoms with van der Waals surface area (Å²) in [6.07, 6.45) is 8.58. The van der Waals surface area contributed by atoms with Crippen molar-refractivity contribution in [2.75, 3.05) is 0 Å². The topological polar surface area (TPSA) is 0 Å². The number of hydrogen-bond donors (Lipinski definition) is 0. The van der Waals surface area contributed by atoms with E-state index in [1.807, 2.05) is 11.3 Å². The standard InChI is InChI=1S/C53H40S/c1-2-12-36-34(11-1)26-45-37-13-3-8-19-44(37)52(53-28-31-23-32(29-53)25-33(24-31)30-53)51(45)50(36)49-42-17-6-4-15-40(42)48(41-16-5-7-18-43(41)49)35-21-22-39-38-14-9-10-20-46(38)54-47(39)27-35/h1-22,26-27,31-33,52H,23-25,28-30H2. The lowest BCUT2D eigenvalue weighted by molar-refractivity contribution is -0.0611. The normalized spacial score (nSPS) is 23.9. The molecule has 8 aromatic carbocycles. The Morgan fingerprint density at radius 3 is 1.69 bits per heavy atom. The van der Waals surface area contributed by atoms with E-state index < -0.39 is 0 Å². The summed E-state index contributed by atoms with van der Waals surface area (Å²) in [5, 5.41) is 10.9. The van der Waals surface area contributed by atoms with Crippen LogP contribution in [0.1, 0.15) is 55.6 Å². The Kier molecular flexibility index (Phi) is 6.10.